The van der Waals surface area contributed by atoms with E-state index in [0.29, 0.717) is 17.7 Å². The second-order valence-electron chi connectivity index (χ2n) is 2.77. The molecule has 0 saturated carbocycles. The van der Waals surface area contributed by atoms with Gasteiger partial charge in [0.25, 0.3) is 0 Å². The molecule has 0 aliphatic rings. The number of aromatic carboxylic acids is 1. The highest BCUT2D eigenvalue weighted by Gasteiger charge is 2.16. The van der Waals surface area contributed by atoms with E-state index in [2.05, 4.69) is 4.98 Å². The van der Waals surface area contributed by atoms with Crippen LogP contribution >= 0.6 is 0 Å². The molecule has 1 heterocycles. The summed E-state index contributed by atoms with van der Waals surface area (Å²) in [6, 6.07) is 0. The summed E-state index contributed by atoms with van der Waals surface area (Å²) in [6.45, 7) is 3.23. The average Bonchev–Trinajstić information content (AvgIpc) is 2.46. The summed E-state index contributed by atoms with van der Waals surface area (Å²) in [4.78, 5) is 24.4. The zero-order chi connectivity index (χ0) is 10.0. The van der Waals surface area contributed by atoms with Gasteiger partial charge >= 0.3 is 5.97 Å². The largest absolute Gasteiger partial charge is 0.478 e. The van der Waals surface area contributed by atoms with Gasteiger partial charge < -0.3 is 10.1 Å². The normalized spacial score (nSPS) is 10.0. The van der Waals surface area contributed by atoms with Gasteiger partial charge in [-0.25, -0.2) is 4.79 Å². The monoisotopic (exact) mass is 181 g/mol. The summed E-state index contributed by atoms with van der Waals surface area (Å²) >= 11 is 0. The first-order valence-corrected chi connectivity index (χ1v) is 4.02. The fourth-order valence-corrected chi connectivity index (χ4v) is 1.33. The van der Waals surface area contributed by atoms with Gasteiger partial charge in [0.05, 0.1) is 11.3 Å². The molecular weight excluding hydrogens is 170 g/mol. The molecule has 4 heteroatoms. The fraction of sp³-hybridized carbons (Fsp3) is 0.333. The lowest BCUT2D eigenvalue weighted by atomic mass is 10.1. The van der Waals surface area contributed by atoms with Gasteiger partial charge in [-0.3, -0.25) is 4.79 Å². The zero-order valence-electron chi connectivity index (χ0n) is 7.55. The molecule has 13 heavy (non-hydrogen) atoms. The standard InChI is InChI=1S/C9H11NO3/c1-3-6-7(9(12)13)4-10-8(6)5(2)11/h4,10H,3H2,1-2H3,(H,12,13). The Labute approximate surface area is 75.6 Å². The van der Waals surface area contributed by atoms with Crippen molar-refractivity contribution in [3.8, 4) is 0 Å². The SMILES string of the molecule is CCc1c(C(=O)O)c[nH]c1C(C)=O. The quantitative estimate of drug-likeness (QED) is 0.694. The lowest BCUT2D eigenvalue weighted by molar-refractivity contribution is 0.0696. The molecule has 0 unspecified atom stereocenters. The van der Waals surface area contributed by atoms with E-state index in [1.807, 2.05) is 6.92 Å². The van der Waals surface area contributed by atoms with E-state index in [1.54, 1.807) is 0 Å². The van der Waals surface area contributed by atoms with Gasteiger partial charge in [0, 0.05) is 13.1 Å². The number of aromatic amines is 1. The number of hydrogen-bond donors (Lipinski definition) is 2. The van der Waals surface area contributed by atoms with Crippen molar-refractivity contribution in [2.75, 3.05) is 0 Å². The van der Waals surface area contributed by atoms with Gasteiger partial charge in [-0.2, -0.15) is 0 Å². The first kappa shape index (κ1) is 9.51. The Morgan fingerprint density at radius 2 is 2.15 bits per heavy atom. The minimum absolute atomic E-state index is 0.135. The number of carbonyl (C=O) groups is 2. The molecule has 4 nitrogen and oxygen atoms in total. The van der Waals surface area contributed by atoms with E-state index in [0.717, 1.165) is 0 Å². The number of hydrogen-bond acceptors (Lipinski definition) is 2. The molecule has 1 aromatic rings. The average molecular weight is 181 g/mol. The first-order valence-electron chi connectivity index (χ1n) is 4.02. The number of rotatable bonds is 3. The molecule has 0 atom stereocenters. The Balaban J connectivity index is 3.26. The second kappa shape index (κ2) is 3.43. The maximum atomic E-state index is 11.0. The lowest BCUT2D eigenvalue weighted by Crippen LogP contribution is -2.02. The topological polar surface area (TPSA) is 70.2 Å². The van der Waals surface area contributed by atoms with Gasteiger partial charge in [0.15, 0.2) is 5.78 Å². The maximum absolute atomic E-state index is 11.0. The molecule has 0 aliphatic heterocycles. The number of H-pyrrole nitrogens is 1. The minimum Gasteiger partial charge on any atom is -0.478 e. The molecule has 1 rings (SSSR count). The highest BCUT2D eigenvalue weighted by Crippen LogP contribution is 2.15. The van der Waals surface area contributed by atoms with Gasteiger partial charge in [-0.1, -0.05) is 6.92 Å². The van der Waals surface area contributed by atoms with Crippen molar-refractivity contribution in [3.05, 3.63) is 23.0 Å². The van der Waals surface area contributed by atoms with Crippen molar-refractivity contribution in [2.45, 2.75) is 20.3 Å². The third kappa shape index (κ3) is 1.61. The van der Waals surface area contributed by atoms with Crippen molar-refractivity contribution in [3.63, 3.8) is 0 Å². The van der Waals surface area contributed by atoms with Crippen LogP contribution in [-0.4, -0.2) is 21.8 Å². The number of nitrogens with one attached hydrogen (secondary N) is 1. The number of carbonyl (C=O) groups excluding carboxylic acids is 1. The number of aromatic nitrogens is 1. The minimum atomic E-state index is -0.999. The van der Waals surface area contributed by atoms with E-state index in [1.165, 1.54) is 13.1 Å². The zero-order valence-corrected chi connectivity index (χ0v) is 7.55. The fourth-order valence-electron chi connectivity index (χ4n) is 1.33. The van der Waals surface area contributed by atoms with E-state index < -0.39 is 5.97 Å². The molecule has 1 aromatic heterocycles. The Morgan fingerprint density at radius 3 is 2.54 bits per heavy atom. The molecule has 2 N–H and O–H groups in total. The van der Waals surface area contributed by atoms with E-state index >= 15 is 0 Å². The van der Waals surface area contributed by atoms with Gasteiger partial charge in [-0.15, -0.1) is 0 Å². The van der Waals surface area contributed by atoms with Crippen molar-refractivity contribution < 1.29 is 14.7 Å². The molecule has 0 bridgehead atoms. The molecule has 0 saturated heterocycles. The maximum Gasteiger partial charge on any atom is 0.337 e. The van der Waals surface area contributed by atoms with Gasteiger partial charge in [0.2, 0.25) is 0 Å². The summed E-state index contributed by atoms with van der Waals surface area (Å²) < 4.78 is 0. The Bertz CT molecular complexity index is 320. The van der Waals surface area contributed by atoms with Crippen LogP contribution in [0.5, 0.6) is 0 Å². The summed E-state index contributed by atoms with van der Waals surface area (Å²) in [5, 5.41) is 8.76. The van der Waals surface area contributed by atoms with E-state index in [9.17, 15) is 9.59 Å². The van der Waals surface area contributed by atoms with Crippen LogP contribution in [-0.2, 0) is 6.42 Å². The highest BCUT2D eigenvalue weighted by molar-refractivity contribution is 5.99. The summed E-state index contributed by atoms with van der Waals surface area (Å²) in [5.41, 5.74) is 1.17. The van der Waals surface area contributed by atoms with E-state index in [4.69, 9.17) is 5.11 Å². The molecule has 0 fully saturated rings. The summed E-state index contributed by atoms with van der Waals surface area (Å²) in [5.74, 6) is -1.13. The molecule has 70 valence electrons. The third-order valence-corrected chi connectivity index (χ3v) is 1.92. The molecule has 0 aromatic carbocycles. The first-order chi connectivity index (χ1) is 6.07. The molecule has 0 amide bonds. The van der Waals surface area contributed by atoms with Crippen LogP contribution in [0.15, 0.2) is 6.20 Å². The Kier molecular flexibility index (Phi) is 2.51. The Hall–Kier alpha value is -1.58. The molecular formula is C9H11NO3. The smallest absolute Gasteiger partial charge is 0.337 e. The van der Waals surface area contributed by atoms with Crippen LogP contribution < -0.4 is 0 Å². The van der Waals surface area contributed by atoms with Crippen LogP contribution in [0.25, 0.3) is 0 Å². The van der Waals surface area contributed by atoms with Crippen molar-refractivity contribution >= 4 is 11.8 Å². The third-order valence-electron chi connectivity index (χ3n) is 1.92. The van der Waals surface area contributed by atoms with Gasteiger partial charge in [0.1, 0.15) is 0 Å². The highest BCUT2D eigenvalue weighted by atomic mass is 16.4. The molecule has 0 aliphatic carbocycles. The molecule has 0 spiro atoms. The van der Waals surface area contributed by atoms with Crippen molar-refractivity contribution in [1.29, 1.82) is 0 Å². The number of carboxylic acid groups (broad SMARTS) is 1. The second-order valence-corrected chi connectivity index (χ2v) is 2.77. The van der Waals surface area contributed by atoms with Crippen LogP contribution in [0, 0.1) is 0 Å². The van der Waals surface area contributed by atoms with Crippen LogP contribution in [0.2, 0.25) is 0 Å². The molecule has 0 radical (unpaired) electrons. The van der Waals surface area contributed by atoms with Crippen molar-refractivity contribution in [1.82, 2.24) is 4.98 Å². The predicted octanol–water partition coefficient (Wildman–Crippen LogP) is 1.48. The number of ketones is 1. The van der Waals surface area contributed by atoms with Crippen LogP contribution in [0.3, 0.4) is 0 Å². The predicted molar refractivity (Wildman–Crippen MR) is 47.1 cm³/mol. The summed E-state index contributed by atoms with van der Waals surface area (Å²) in [7, 11) is 0. The van der Waals surface area contributed by atoms with Crippen LogP contribution in [0.1, 0.15) is 40.3 Å². The Morgan fingerprint density at radius 1 is 1.54 bits per heavy atom. The lowest BCUT2D eigenvalue weighted by Gasteiger charge is -1.97. The van der Waals surface area contributed by atoms with E-state index in [-0.39, 0.29) is 11.3 Å². The van der Waals surface area contributed by atoms with Crippen molar-refractivity contribution in [2.24, 2.45) is 0 Å². The summed E-state index contributed by atoms with van der Waals surface area (Å²) in [6.07, 6.45) is 1.90. The van der Waals surface area contributed by atoms with Gasteiger partial charge in [-0.05, 0) is 12.0 Å². The number of carboxylic acids is 1. The van der Waals surface area contributed by atoms with Crippen LogP contribution in [0.4, 0.5) is 0 Å². The number of Topliss-reactive ketones (excluding diaryl/α,β-unsaturated/α-hetero) is 1.